The number of rotatable bonds is 3. The second kappa shape index (κ2) is 6.63. The molecule has 0 spiro atoms. The van der Waals surface area contributed by atoms with Gasteiger partial charge in [0.25, 0.3) is 5.91 Å². The molecule has 2 rings (SSSR count). The van der Waals surface area contributed by atoms with Gasteiger partial charge in [0.05, 0.1) is 6.10 Å². The molecule has 1 aliphatic heterocycles. The highest BCUT2D eigenvalue weighted by molar-refractivity contribution is 9.10. The summed E-state index contributed by atoms with van der Waals surface area (Å²) in [6.45, 7) is 3.32. The Hall–Kier alpha value is -1.01. The number of hydrogen-bond donors (Lipinski definition) is 0. The zero-order chi connectivity index (χ0) is 14.7. The maximum Gasteiger partial charge on any atom is 0.259 e. The molecule has 0 aromatic heterocycles. The van der Waals surface area contributed by atoms with Crippen LogP contribution in [0.1, 0.15) is 30.1 Å². The fourth-order valence-corrected chi connectivity index (χ4v) is 2.80. The van der Waals surface area contributed by atoms with E-state index in [9.17, 15) is 13.6 Å². The number of carbonyl (C=O) groups is 1. The van der Waals surface area contributed by atoms with Crippen molar-refractivity contribution in [1.29, 1.82) is 0 Å². The minimum atomic E-state index is -0.847. The molecule has 3 nitrogen and oxygen atoms in total. The predicted molar refractivity (Wildman–Crippen MR) is 74.6 cm³/mol. The smallest absolute Gasteiger partial charge is 0.259 e. The van der Waals surface area contributed by atoms with Gasteiger partial charge in [0.2, 0.25) is 0 Å². The zero-order valence-electron chi connectivity index (χ0n) is 11.2. The van der Waals surface area contributed by atoms with Crippen LogP contribution < -0.4 is 0 Å². The van der Waals surface area contributed by atoms with E-state index < -0.39 is 23.1 Å². The lowest BCUT2D eigenvalue weighted by molar-refractivity contribution is 0.00689. The van der Waals surface area contributed by atoms with Crippen molar-refractivity contribution < 1.29 is 18.3 Å². The topological polar surface area (TPSA) is 29.5 Å². The number of amides is 1. The van der Waals surface area contributed by atoms with Gasteiger partial charge in [-0.05, 0) is 31.9 Å². The molecule has 1 fully saturated rings. The largest absolute Gasteiger partial charge is 0.377 e. The lowest BCUT2D eigenvalue weighted by Gasteiger charge is -2.32. The Morgan fingerprint density at radius 1 is 1.45 bits per heavy atom. The lowest BCUT2D eigenvalue weighted by atomic mass is 10.1. The third-order valence-electron chi connectivity index (χ3n) is 3.29. The van der Waals surface area contributed by atoms with Crippen LogP contribution in [0.4, 0.5) is 8.78 Å². The Bertz CT molecular complexity index is 485. The average molecular weight is 348 g/mol. The number of carbonyl (C=O) groups excluding carboxylic acids is 1. The Morgan fingerprint density at radius 2 is 2.10 bits per heavy atom. The van der Waals surface area contributed by atoms with E-state index in [1.807, 2.05) is 6.92 Å². The summed E-state index contributed by atoms with van der Waals surface area (Å²) in [5.41, 5.74) is -0.495. The maximum absolute atomic E-state index is 13.8. The van der Waals surface area contributed by atoms with E-state index in [1.54, 1.807) is 0 Å². The Balaban J connectivity index is 2.19. The zero-order valence-corrected chi connectivity index (χ0v) is 12.8. The van der Waals surface area contributed by atoms with Crippen LogP contribution in [0, 0.1) is 11.6 Å². The molecule has 1 amide bonds. The van der Waals surface area contributed by atoms with Crippen molar-refractivity contribution in [3.8, 4) is 0 Å². The molecule has 0 bridgehead atoms. The molecule has 1 unspecified atom stereocenters. The van der Waals surface area contributed by atoms with Crippen LogP contribution in [0.5, 0.6) is 0 Å². The predicted octanol–water partition coefficient (Wildman–Crippen LogP) is 3.37. The second-order valence-corrected chi connectivity index (χ2v) is 5.63. The number of ether oxygens (including phenoxy) is 1. The molecular formula is C14H16BrF2NO2. The van der Waals surface area contributed by atoms with Gasteiger partial charge in [0.1, 0.15) is 17.2 Å². The average Bonchev–Trinajstić information content (AvgIpc) is 2.38. The molecule has 0 saturated carbocycles. The first-order valence-corrected chi connectivity index (χ1v) is 7.37. The molecule has 0 radical (unpaired) electrons. The van der Waals surface area contributed by atoms with Gasteiger partial charge in [-0.3, -0.25) is 4.79 Å². The van der Waals surface area contributed by atoms with E-state index in [4.69, 9.17) is 4.74 Å². The molecule has 1 aliphatic rings. The minimum absolute atomic E-state index is 0.0562. The quantitative estimate of drug-likeness (QED) is 0.838. The van der Waals surface area contributed by atoms with E-state index in [-0.39, 0.29) is 10.6 Å². The molecule has 6 heteroatoms. The molecule has 0 aliphatic carbocycles. The van der Waals surface area contributed by atoms with Crippen LogP contribution in [0.3, 0.4) is 0 Å². The molecule has 110 valence electrons. The van der Waals surface area contributed by atoms with Crippen molar-refractivity contribution in [1.82, 2.24) is 4.90 Å². The normalized spacial score (nSPS) is 19.2. The van der Waals surface area contributed by atoms with Gasteiger partial charge in [0, 0.05) is 24.2 Å². The van der Waals surface area contributed by atoms with Crippen LogP contribution in [0.15, 0.2) is 16.6 Å². The van der Waals surface area contributed by atoms with Crippen LogP contribution in [-0.4, -0.2) is 36.6 Å². The second-order valence-electron chi connectivity index (χ2n) is 4.72. The van der Waals surface area contributed by atoms with Crippen molar-refractivity contribution in [2.24, 2.45) is 0 Å². The molecule has 1 aromatic rings. The van der Waals surface area contributed by atoms with Gasteiger partial charge in [-0.1, -0.05) is 15.9 Å². The van der Waals surface area contributed by atoms with Crippen molar-refractivity contribution in [3.05, 3.63) is 33.8 Å². The summed E-state index contributed by atoms with van der Waals surface area (Å²) < 4.78 is 33.4. The Morgan fingerprint density at radius 3 is 2.70 bits per heavy atom. The Kier molecular flexibility index (Phi) is 5.10. The molecule has 20 heavy (non-hydrogen) atoms. The third-order valence-corrected chi connectivity index (χ3v) is 3.75. The van der Waals surface area contributed by atoms with Crippen molar-refractivity contribution >= 4 is 21.8 Å². The summed E-state index contributed by atoms with van der Waals surface area (Å²) in [5, 5.41) is 0. The highest BCUT2D eigenvalue weighted by atomic mass is 79.9. The molecule has 1 aromatic carbocycles. The van der Waals surface area contributed by atoms with Gasteiger partial charge < -0.3 is 9.64 Å². The number of likely N-dealkylation sites (tertiary alicyclic amines) is 1. The van der Waals surface area contributed by atoms with E-state index in [0.29, 0.717) is 19.7 Å². The molecular weight excluding hydrogens is 332 g/mol. The fourth-order valence-electron chi connectivity index (χ4n) is 2.40. The molecule has 0 N–H and O–H groups in total. The van der Waals surface area contributed by atoms with Gasteiger partial charge >= 0.3 is 0 Å². The van der Waals surface area contributed by atoms with Crippen molar-refractivity contribution in [2.75, 3.05) is 19.7 Å². The van der Waals surface area contributed by atoms with Gasteiger partial charge in [0.15, 0.2) is 0 Å². The number of benzene rings is 1. The summed E-state index contributed by atoms with van der Waals surface area (Å²) in [6, 6.07) is 2.20. The molecule has 1 heterocycles. The van der Waals surface area contributed by atoms with Gasteiger partial charge in [-0.25, -0.2) is 8.78 Å². The highest BCUT2D eigenvalue weighted by Gasteiger charge is 2.28. The van der Waals surface area contributed by atoms with Crippen molar-refractivity contribution in [3.63, 3.8) is 0 Å². The van der Waals surface area contributed by atoms with E-state index >= 15 is 0 Å². The summed E-state index contributed by atoms with van der Waals surface area (Å²) in [5.74, 6) is -2.31. The number of hydrogen-bond acceptors (Lipinski definition) is 2. The van der Waals surface area contributed by atoms with Crippen LogP contribution >= 0.6 is 15.9 Å². The van der Waals surface area contributed by atoms with E-state index in [0.717, 1.165) is 25.0 Å². The SMILES string of the molecule is CCOC1CCCN(C(=O)c2c(F)cc(Br)cc2F)C1. The maximum atomic E-state index is 13.8. The van der Waals surface area contributed by atoms with E-state index in [2.05, 4.69) is 15.9 Å². The van der Waals surface area contributed by atoms with Crippen molar-refractivity contribution in [2.45, 2.75) is 25.9 Å². The van der Waals surface area contributed by atoms with Crippen LogP contribution in [0.25, 0.3) is 0 Å². The standard InChI is InChI=1S/C14H16BrF2NO2/c1-2-20-10-4-3-5-18(8-10)14(19)13-11(16)6-9(15)7-12(13)17/h6-7,10H,2-5,8H2,1H3. The number of piperidine rings is 1. The monoisotopic (exact) mass is 347 g/mol. The molecule has 1 saturated heterocycles. The lowest BCUT2D eigenvalue weighted by Crippen LogP contribution is -2.43. The first-order valence-electron chi connectivity index (χ1n) is 6.58. The summed E-state index contributed by atoms with van der Waals surface area (Å²) in [6.07, 6.45) is 1.58. The minimum Gasteiger partial charge on any atom is -0.377 e. The van der Waals surface area contributed by atoms with E-state index in [1.165, 1.54) is 4.90 Å². The first kappa shape index (κ1) is 15.4. The summed E-state index contributed by atoms with van der Waals surface area (Å²) >= 11 is 3.00. The van der Waals surface area contributed by atoms with Crippen LogP contribution in [-0.2, 0) is 4.74 Å². The first-order chi connectivity index (χ1) is 9.52. The molecule has 1 atom stereocenters. The summed E-state index contributed by atoms with van der Waals surface area (Å²) in [7, 11) is 0. The summed E-state index contributed by atoms with van der Waals surface area (Å²) in [4.78, 5) is 13.7. The van der Waals surface area contributed by atoms with Gasteiger partial charge in [-0.15, -0.1) is 0 Å². The number of nitrogens with zero attached hydrogens (tertiary/aromatic N) is 1. The van der Waals surface area contributed by atoms with Gasteiger partial charge in [-0.2, -0.15) is 0 Å². The highest BCUT2D eigenvalue weighted by Crippen LogP contribution is 2.23. The number of halogens is 3. The fraction of sp³-hybridized carbons (Fsp3) is 0.500. The Labute approximate surface area is 125 Å². The van der Waals surface area contributed by atoms with Crippen LogP contribution in [0.2, 0.25) is 0 Å². The third kappa shape index (κ3) is 3.35.